The van der Waals surface area contributed by atoms with Crippen molar-refractivity contribution in [3.05, 3.63) is 35.4 Å². The Morgan fingerprint density at radius 2 is 1.44 bits per heavy atom. The van der Waals surface area contributed by atoms with E-state index in [9.17, 15) is 18.0 Å². The van der Waals surface area contributed by atoms with Gasteiger partial charge in [-0.1, -0.05) is 12.1 Å². The lowest BCUT2D eigenvalue weighted by atomic mass is 9.86. The van der Waals surface area contributed by atoms with Gasteiger partial charge in [0.1, 0.15) is 0 Å². The molecule has 1 rings (SSSR count). The van der Waals surface area contributed by atoms with E-state index in [1.807, 2.05) is 0 Å². The van der Waals surface area contributed by atoms with Gasteiger partial charge in [0.25, 0.3) is 0 Å². The number of carbonyl (C=O) groups excluding carboxylic acids is 1. The Morgan fingerprint density at radius 3 is 1.75 bits per heavy atom. The van der Waals surface area contributed by atoms with E-state index in [-0.39, 0.29) is 0 Å². The SMILES string of the molecule is CC(C)(C(=O)Cl)c1ccc(C(F)(F)F)cc1. The first-order chi connectivity index (χ1) is 7.15. The van der Waals surface area contributed by atoms with E-state index < -0.39 is 22.4 Å². The molecule has 88 valence electrons. The number of benzene rings is 1. The van der Waals surface area contributed by atoms with Crippen LogP contribution in [0, 0.1) is 0 Å². The molecule has 0 N–H and O–H groups in total. The summed E-state index contributed by atoms with van der Waals surface area (Å²) in [4.78, 5) is 11.1. The Hall–Kier alpha value is -1.03. The van der Waals surface area contributed by atoms with Gasteiger partial charge in [0.15, 0.2) is 0 Å². The van der Waals surface area contributed by atoms with Crippen molar-refractivity contribution in [2.75, 3.05) is 0 Å². The molecular formula is C11H10ClF3O. The van der Waals surface area contributed by atoms with Crippen LogP contribution in [-0.4, -0.2) is 5.24 Å². The molecule has 0 bridgehead atoms. The number of rotatable bonds is 2. The highest BCUT2D eigenvalue weighted by Crippen LogP contribution is 2.32. The van der Waals surface area contributed by atoms with Gasteiger partial charge in [-0.25, -0.2) is 0 Å². The maximum absolute atomic E-state index is 12.3. The van der Waals surface area contributed by atoms with E-state index >= 15 is 0 Å². The van der Waals surface area contributed by atoms with Crippen molar-refractivity contribution in [2.45, 2.75) is 25.4 Å². The van der Waals surface area contributed by atoms with E-state index in [0.717, 1.165) is 12.1 Å². The molecule has 5 heteroatoms. The molecule has 0 spiro atoms. The highest BCUT2D eigenvalue weighted by Gasteiger charge is 2.32. The van der Waals surface area contributed by atoms with Crippen LogP contribution in [0.15, 0.2) is 24.3 Å². The molecule has 0 aromatic heterocycles. The van der Waals surface area contributed by atoms with Gasteiger partial charge in [0.05, 0.1) is 11.0 Å². The van der Waals surface area contributed by atoms with Crippen LogP contribution >= 0.6 is 11.6 Å². The van der Waals surface area contributed by atoms with E-state index in [4.69, 9.17) is 11.6 Å². The van der Waals surface area contributed by atoms with Crippen molar-refractivity contribution < 1.29 is 18.0 Å². The summed E-state index contributed by atoms with van der Waals surface area (Å²) >= 11 is 5.37. The molecule has 0 atom stereocenters. The Kier molecular flexibility index (Phi) is 3.33. The average molecular weight is 251 g/mol. The van der Waals surface area contributed by atoms with Gasteiger partial charge in [0.2, 0.25) is 5.24 Å². The van der Waals surface area contributed by atoms with Crippen LogP contribution in [0.2, 0.25) is 0 Å². The minimum Gasteiger partial charge on any atom is -0.280 e. The van der Waals surface area contributed by atoms with Crippen molar-refractivity contribution >= 4 is 16.8 Å². The third-order valence-electron chi connectivity index (χ3n) is 2.43. The first-order valence-electron chi connectivity index (χ1n) is 4.53. The topological polar surface area (TPSA) is 17.1 Å². The fourth-order valence-electron chi connectivity index (χ4n) is 1.19. The summed E-state index contributed by atoms with van der Waals surface area (Å²) in [5, 5.41) is -0.604. The van der Waals surface area contributed by atoms with Crippen LogP contribution in [0.5, 0.6) is 0 Å². The van der Waals surface area contributed by atoms with Crippen molar-refractivity contribution in [2.24, 2.45) is 0 Å². The van der Waals surface area contributed by atoms with E-state index in [1.54, 1.807) is 13.8 Å². The number of halogens is 4. The largest absolute Gasteiger partial charge is 0.416 e. The smallest absolute Gasteiger partial charge is 0.280 e. The first-order valence-corrected chi connectivity index (χ1v) is 4.91. The van der Waals surface area contributed by atoms with Gasteiger partial charge < -0.3 is 0 Å². The molecule has 1 nitrogen and oxygen atoms in total. The molecule has 0 aliphatic carbocycles. The monoisotopic (exact) mass is 250 g/mol. The highest BCUT2D eigenvalue weighted by molar-refractivity contribution is 6.65. The molecule has 0 radical (unpaired) electrons. The summed E-state index contributed by atoms with van der Waals surface area (Å²) in [6.07, 6.45) is -4.37. The molecule has 0 amide bonds. The number of alkyl halides is 3. The molecule has 0 unspecified atom stereocenters. The third kappa shape index (κ3) is 2.55. The standard InChI is InChI=1S/C11H10ClF3O/c1-10(2,9(12)16)7-3-5-8(6-4-7)11(13,14)15/h3-6H,1-2H3. The zero-order valence-electron chi connectivity index (χ0n) is 8.73. The summed E-state index contributed by atoms with van der Waals surface area (Å²) in [6, 6.07) is 4.42. The van der Waals surface area contributed by atoms with E-state index in [1.165, 1.54) is 12.1 Å². The minimum absolute atomic E-state index is 0.459. The second-order valence-electron chi connectivity index (χ2n) is 3.97. The molecule has 0 aliphatic heterocycles. The zero-order valence-corrected chi connectivity index (χ0v) is 9.49. The summed E-state index contributed by atoms with van der Waals surface area (Å²) < 4.78 is 36.8. The number of carbonyl (C=O) groups is 1. The van der Waals surface area contributed by atoms with Gasteiger partial charge in [-0.15, -0.1) is 0 Å². The Balaban J connectivity index is 3.09. The zero-order chi connectivity index (χ0) is 12.6. The van der Waals surface area contributed by atoms with Crippen molar-refractivity contribution in [1.82, 2.24) is 0 Å². The molecule has 16 heavy (non-hydrogen) atoms. The molecule has 1 aromatic carbocycles. The maximum atomic E-state index is 12.3. The molecule has 0 fully saturated rings. The molecule has 0 saturated heterocycles. The predicted molar refractivity (Wildman–Crippen MR) is 55.3 cm³/mol. The second kappa shape index (κ2) is 4.09. The lowest BCUT2D eigenvalue weighted by molar-refractivity contribution is -0.137. The summed E-state index contributed by atoms with van der Waals surface area (Å²) in [6.45, 7) is 3.12. The van der Waals surface area contributed by atoms with Gasteiger partial charge >= 0.3 is 6.18 Å². The summed E-state index contributed by atoms with van der Waals surface area (Å²) in [5.74, 6) is 0. The van der Waals surface area contributed by atoms with Crippen LogP contribution in [0.4, 0.5) is 13.2 Å². The van der Waals surface area contributed by atoms with E-state index in [0.29, 0.717) is 5.56 Å². The molecule has 0 aliphatic rings. The Morgan fingerprint density at radius 1 is 1.06 bits per heavy atom. The third-order valence-corrected chi connectivity index (χ3v) is 2.90. The van der Waals surface area contributed by atoms with Crippen LogP contribution in [0.3, 0.4) is 0 Å². The average Bonchev–Trinajstić information content (AvgIpc) is 2.16. The van der Waals surface area contributed by atoms with Gasteiger partial charge in [-0.3, -0.25) is 4.79 Å². The second-order valence-corrected chi connectivity index (χ2v) is 4.32. The minimum atomic E-state index is -4.37. The highest BCUT2D eigenvalue weighted by atomic mass is 35.5. The first kappa shape index (κ1) is 13.0. The quantitative estimate of drug-likeness (QED) is 0.731. The normalized spacial score (nSPS) is 12.6. The molecular weight excluding hydrogens is 241 g/mol. The molecule has 1 aromatic rings. The van der Waals surface area contributed by atoms with E-state index in [2.05, 4.69) is 0 Å². The Labute approximate surface area is 96.2 Å². The summed E-state index contributed by atoms with van der Waals surface area (Å²) in [5.41, 5.74) is -1.26. The van der Waals surface area contributed by atoms with Crippen LogP contribution < -0.4 is 0 Å². The van der Waals surface area contributed by atoms with Crippen molar-refractivity contribution in [1.29, 1.82) is 0 Å². The van der Waals surface area contributed by atoms with Crippen LogP contribution in [0.25, 0.3) is 0 Å². The lowest BCUT2D eigenvalue weighted by Crippen LogP contribution is -2.24. The predicted octanol–water partition coefficient (Wildman–Crippen LogP) is 3.75. The van der Waals surface area contributed by atoms with Gasteiger partial charge in [0, 0.05) is 0 Å². The Bertz CT molecular complexity index is 393. The van der Waals surface area contributed by atoms with Crippen molar-refractivity contribution in [3.8, 4) is 0 Å². The van der Waals surface area contributed by atoms with Gasteiger partial charge in [-0.2, -0.15) is 13.2 Å². The fraction of sp³-hybridized carbons (Fsp3) is 0.364. The molecule has 0 heterocycles. The van der Waals surface area contributed by atoms with Crippen LogP contribution in [0.1, 0.15) is 25.0 Å². The fourth-order valence-corrected chi connectivity index (χ4v) is 1.30. The maximum Gasteiger partial charge on any atom is 0.416 e. The van der Waals surface area contributed by atoms with Crippen LogP contribution in [-0.2, 0) is 16.4 Å². The number of hydrogen-bond donors (Lipinski definition) is 0. The molecule has 0 saturated carbocycles. The summed E-state index contributed by atoms with van der Waals surface area (Å²) in [7, 11) is 0. The lowest BCUT2D eigenvalue weighted by Gasteiger charge is -2.20. The van der Waals surface area contributed by atoms with Crippen molar-refractivity contribution in [3.63, 3.8) is 0 Å². The number of hydrogen-bond acceptors (Lipinski definition) is 1. The van der Waals surface area contributed by atoms with Gasteiger partial charge in [-0.05, 0) is 43.1 Å².